The van der Waals surface area contributed by atoms with Gasteiger partial charge in [-0.25, -0.2) is 15.0 Å². The number of thioether (sulfide) groups is 1. The summed E-state index contributed by atoms with van der Waals surface area (Å²) in [5.74, 6) is 0.648. The van der Waals surface area contributed by atoms with Crippen molar-refractivity contribution in [2.45, 2.75) is 31.6 Å². The van der Waals surface area contributed by atoms with Gasteiger partial charge in [0.05, 0.1) is 11.4 Å². The first-order valence-electron chi connectivity index (χ1n) is 8.67. The third-order valence-electron chi connectivity index (χ3n) is 4.44. The van der Waals surface area contributed by atoms with Crippen LogP contribution in [0.25, 0.3) is 10.2 Å². The van der Waals surface area contributed by atoms with Crippen molar-refractivity contribution >= 4 is 61.4 Å². The highest BCUT2D eigenvalue weighted by Crippen LogP contribution is 2.34. The number of aromatic nitrogens is 3. The van der Waals surface area contributed by atoms with Crippen LogP contribution in [0.2, 0.25) is 0 Å². The first-order chi connectivity index (χ1) is 13.5. The Bertz CT molecular complexity index is 1150. The fraction of sp³-hybridized carbons (Fsp3) is 0.200. The van der Waals surface area contributed by atoms with Crippen LogP contribution in [0.3, 0.4) is 0 Å². The molecule has 0 saturated heterocycles. The summed E-state index contributed by atoms with van der Waals surface area (Å²) in [4.78, 5) is 28.5. The van der Waals surface area contributed by atoms with Crippen LogP contribution < -0.4 is 4.90 Å². The number of hydrogen-bond acceptors (Lipinski definition) is 7. The van der Waals surface area contributed by atoms with Gasteiger partial charge in [-0.2, -0.15) is 0 Å². The summed E-state index contributed by atoms with van der Waals surface area (Å²) in [6.45, 7) is 5.66. The van der Waals surface area contributed by atoms with E-state index in [9.17, 15) is 4.79 Å². The molecule has 3 heterocycles. The molecular formula is C20H18N4OS3. The van der Waals surface area contributed by atoms with E-state index in [2.05, 4.69) is 9.97 Å². The van der Waals surface area contributed by atoms with E-state index < -0.39 is 0 Å². The second-order valence-electron chi connectivity index (χ2n) is 6.30. The van der Waals surface area contributed by atoms with Crippen molar-refractivity contribution in [2.75, 3.05) is 4.90 Å². The van der Waals surface area contributed by atoms with Crippen molar-refractivity contribution in [3.8, 4) is 0 Å². The molecule has 0 aliphatic heterocycles. The Balaban J connectivity index is 1.58. The highest BCUT2D eigenvalue weighted by Gasteiger charge is 2.20. The number of nitrogens with zero attached hydrogens (tertiary/aromatic N) is 4. The average Bonchev–Trinajstić information content (AvgIpc) is 3.33. The van der Waals surface area contributed by atoms with E-state index in [0.29, 0.717) is 10.9 Å². The molecule has 0 fully saturated rings. The maximum atomic E-state index is 12.4. The number of thiazole rings is 1. The molecule has 5 nitrogen and oxygen atoms in total. The lowest BCUT2D eigenvalue weighted by molar-refractivity contribution is -0.115. The number of carbonyl (C=O) groups is 1. The first kappa shape index (κ1) is 19.0. The standard InChI is InChI=1S/C20H18N4OS3/c1-12-5-4-6-17(13(12)2)24(14(3)25)20-23-15(10-28-20)9-27-19-16-7-8-26-18(16)21-11-22-19/h4-8,10-11H,9H2,1-3H3. The van der Waals surface area contributed by atoms with Crippen molar-refractivity contribution in [3.05, 3.63) is 58.2 Å². The molecule has 0 saturated carbocycles. The van der Waals surface area contributed by atoms with Crippen LogP contribution >= 0.6 is 34.4 Å². The number of fused-ring (bicyclic) bond motifs is 1. The minimum Gasteiger partial charge on any atom is -0.274 e. The summed E-state index contributed by atoms with van der Waals surface area (Å²) in [6.07, 6.45) is 1.60. The van der Waals surface area contributed by atoms with Gasteiger partial charge in [-0.15, -0.1) is 22.7 Å². The normalized spacial score (nSPS) is 11.1. The van der Waals surface area contributed by atoms with Gasteiger partial charge in [0.15, 0.2) is 5.13 Å². The molecule has 4 aromatic rings. The number of hydrogen-bond donors (Lipinski definition) is 0. The molecule has 142 valence electrons. The zero-order chi connectivity index (χ0) is 19.7. The Hall–Kier alpha value is -2.29. The number of anilines is 2. The highest BCUT2D eigenvalue weighted by atomic mass is 32.2. The summed E-state index contributed by atoms with van der Waals surface area (Å²) in [6, 6.07) is 8.04. The zero-order valence-electron chi connectivity index (χ0n) is 15.7. The SMILES string of the molecule is CC(=O)N(c1nc(CSc2ncnc3sccc23)cs1)c1cccc(C)c1C. The Morgan fingerprint density at radius 3 is 2.86 bits per heavy atom. The number of amides is 1. The maximum absolute atomic E-state index is 12.4. The lowest BCUT2D eigenvalue weighted by atomic mass is 10.1. The van der Waals surface area contributed by atoms with Gasteiger partial charge in [0.2, 0.25) is 5.91 Å². The van der Waals surface area contributed by atoms with Crippen LogP contribution in [0.4, 0.5) is 10.8 Å². The highest BCUT2D eigenvalue weighted by molar-refractivity contribution is 7.98. The molecule has 4 rings (SSSR count). The topological polar surface area (TPSA) is 59.0 Å². The largest absolute Gasteiger partial charge is 0.274 e. The van der Waals surface area contributed by atoms with Gasteiger partial charge in [0.25, 0.3) is 0 Å². The van der Waals surface area contributed by atoms with Gasteiger partial charge in [0, 0.05) is 23.4 Å². The monoisotopic (exact) mass is 426 g/mol. The second-order valence-corrected chi connectivity index (χ2v) is 9.00. The molecule has 0 aliphatic carbocycles. The van der Waals surface area contributed by atoms with Crippen LogP contribution in [0.1, 0.15) is 23.7 Å². The van der Waals surface area contributed by atoms with Crippen LogP contribution in [-0.2, 0) is 10.5 Å². The molecule has 0 unspecified atom stereocenters. The number of aryl methyl sites for hydroxylation is 1. The molecule has 0 radical (unpaired) electrons. The zero-order valence-corrected chi connectivity index (χ0v) is 18.1. The molecule has 0 N–H and O–H groups in total. The predicted molar refractivity (Wildman–Crippen MR) is 118 cm³/mol. The van der Waals surface area contributed by atoms with Crippen molar-refractivity contribution in [1.82, 2.24) is 15.0 Å². The van der Waals surface area contributed by atoms with Crippen molar-refractivity contribution in [2.24, 2.45) is 0 Å². The van der Waals surface area contributed by atoms with E-state index in [1.54, 1.807) is 41.2 Å². The summed E-state index contributed by atoms with van der Waals surface area (Å²) in [5.41, 5.74) is 4.06. The van der Waals surface area contributed by atoms with Crippen LogP contribution in [0.15, 0.2) is 46.4 Å². The molecule has 1 aromatic carbocycles. The Morgan fingerprint density at radius 2 is 2.04 bits per heavy atom. The molecule has 0 atom stereocenters. The van der Waals surface area contributed by atoms with Gasteiger partial charge >= 0.3 is 0 Å². The van der Waals surface area contributed by atoms with Gasteiger partial charge in [-0.05, 0) is 42.5 Å². The number of rotatable bonds is 5. The third kappa shape index (κ3) is 3.67. The van der Waals surface area contributed by atoms with Crippen LogP contribution in [0.5, 0.6) is 0 Å². The molecule has 0 bridgehead atoms. The van der Waals surface area contributed by atoms with Gasteiger partial charge < -0.3 is 0 Å². The average molecular weight is 427 g/mol. The summed E-state index contributed by atoms with van der Waals surface area (Å²) in [7, 11) is 0. The predicted octanol–water partition coefficient (Wildman–Crippen LogP) is 5.74. The van der Waals surface area contributed by atoms with Crippen molar-refractivity contribution in [1.29, 1.82) is 0 Å². The van der Waals surface area contributed by atoms with Crippen LogP contribution in [-0.4, -0.2) is 20.9 Å². The molecule has 28 heavy (non-hydrogen) atoms. The summed E-state index contributed by atoms with van der Waals surface area (Å²) in [5, 5.41) is 6.77. The van der Waals surface area contributed by atoms with E-state index >= 15 is 0 Å². The van der Waals surface area contributed by atoms with E-state index in [1.807, 2.05) is 48.9 Å². The minimum atomic E-state index is -0.0435. The van der Waals surface area contributed by atoms with E-state index in [4.69, 9.17) is 4.98 Å². The fourth-order valence-corrected chi connectivity index (χ4v) is 5.53. The number of benzene rings is 1. The third-order valence-corrected chi connectivity index (χ3v) is 7.18. The molecule has 0 aliphatic rings. The van der Waals surface area contributed by atoms with Crippen LogP contribution in [0, 0.1) is 13.8 Å². The fourth-order valence-electron chi connectivity index (χ4n) is 2.88. The van der Waals surface area contributed by atoms with E-state index in [-0.39, 0.29) is 5.91 Å². The number of carbonyl (C=O) groups excluding carboxylic acids is 1. The Labute approximate surface area is 175 Å². The Kier molecular flexibility index (Phi) is 5.43. The lowest BCUT2D eigenvalue weighted by Crippen LogP contribution is -2.23. The smallest absolute Gasteiger partial charge is 0.230 e. The maximum Gasteiger partial charge on any atom is 0.230 e. The first-order valence-corrected chi connectivity index (χ1v) is 11.4. The minimum absolute atomic E-state index is 0.0435. The van der Waals surface area contributed by atoms with E-state index in [1.165, 1.54) is 11.3 Å². The molecular weight excluding hydrogens is 408 g/mol. The van der Waals surface area contributed by atoms with Gasteiger partial charge in [0.1, 0.15) is 16.2 Å². The quantitative estimate of drug-likeness (QED) is 0.301. The molecule has 0 spiro atoms. The molecule has 8 heteroatoms. The second kappa shape index (κ2) is 7.98. The lowest BCUT2D eigenvalue weighted by Gasteiger charge is -2.21. The summed E-state index contributed by atoms with van der Waals surface area (Å²) >= 11 is 4.74. The van der Waals surface area contributed by atoms with Gasteiger partial charge in [-0.3, -0.25) is 9.69 Å². The molecule has 1 amide bonds. The molecule has 3 aromatic heterocycles. The van der Waals surface area contributed by atoms with Crippen molar-refractivity contribution < 1.29 is 4.79 Å². The number of thiophene rings is 1. The van der Waals surface area contributed by atoms with E-state index in [0.717, 1.165) is 37.8 Å². The van der Waals surface area contributed by atoms with Gasteiger partial charge in [-0.1, -0.05) is 23.9 Å². The van der Waals surface area contributed by atoms with Crippen molar-refractivity contribution in [3.63, 3.8) is 0 Å². The summed E-state index contributed by atoms with van der Waals surface area (Å²) < 4.78 is 0. The Morgan fingerprint density at radius 1 is 1.18 bits per heavy atom.